The lowest BCUT2D eigenvalue weighted by Gasteiger charge is -2.06. The molecule has 0 amide bonds. The van der Waals surface area contributed by atoms with E-state index >= 15 is 0 Å². The highest BCUT2D eigenvalue weighted by Gasteiger charge is 2.13. The number of anilines is 1. The molecule has 8 nitrogen and oxygen atoms in total. The summed E-state index contributed by atoms with van der Waals surface area (Å²) in [6.45, 7) is 4.12. The Morgan fingerprint density at radius 2 is 1.90 bits per heavy atom. The molecule has 0 aliphatic rings. The summed E-state index contributed by atoms with van der Waals surface area (Å²) < 4.78 is 3.25. The van der Waals surface area contributed by atoms with Gasteiger partial charge in [0, 0.05) is 18.1 Å². The Hall–Kier alpha value is -2.77. The zero-order chi connectivity index (χ0) is 14.8. The number of rotatable bonds is 4. The second-order valence-corrected chi connectivity index (χ2v) is 4.49. The maximum absolute atomic E-state index is 5.79. The van der Waals surface area contributed by atoms with Crippen molar-refractivity contribution in [1.82, 2.24) is 34.5 Å². The van der Waals surface area contributed by atoms with Crippen molar-refractivity contribution in [3.63, 3.8) is 0 Å². The average Bonchev–Trinajstić information content (AvgIpc) is 3.15. The van der Waals surface area contributed by atoms with Crippen molar-refractivity contribution >= 4 is 5.95 Å². The van der Waals surface area contributed by atoms with Crippen LogP contribution in [0.2, 0.25) is 0 Å². The molecule has 0 aliphatic carbocycles. The van der Waals surface area contributed by atoms with Crippen LogP contribution in [0.15, 0.2) is 24.5 Å². The first-order valence-electron chi connectivity index (χ1n) is 6.81. The molecule has 3 aromatic heterocycles. The summed E-state index contributed by atoms with van der Waals surface area (Å²) in [5.74, 6) is 0.920. The minimum Gasteiger partial charge on any atom is -0.368 e. The first-order chi connectivity index (χ1) is 10.2. The van der Waals surface area contributed by atoms with Crippen LogP contribution in [-0.2, 0) is 12.8 Å². The van der Waals surface area contributed by atoms with Gasteiger partial charge < -0.3 is 5.73 Å². The molecule has 0 unspecified atom stereocenters. The molecular weight excluding hydrogens is 268 g/mol. The summed E-state index contributed by atoms with van der Waals surface area (Å²) in [6.07, 6.45) is 5.09. The van der Waals surface area contributed by atoms with Gasteiger partial charge in [0.2, 0.25) is 5.95 Å². The maximum Gasteiger partial charge on any atom is 0.257 e. The number of nitrogens with zero attached hydrogens (tertiary/aromatic N) is 7. The fraction of sp³-hybridized carbons (Fsp3) is 0.308. The molecule has 3 heterocycles. The van der Waals surface area contributed by atoms with Gasteiger partial charge in [-0.1, -0.05) is 13.8 Å². The van der Waals surface area contributed by atoms with E-state index in [-0.39, 0.29) is 5.95 Å². The summed E-state index contributed by atoms with van der Waals surface area (Å²) >= 11 is 0. The summed E-state index contributed by atoms with van der Waals surface area (Å²) in [7, 11) is 0. The molecule has 0 radical (unpaired) electrons. The van der Waals surface area contributed by atoms with Crippen molar-refractivity contribution in [3.05, 3.63) is 35.9 Å². The molecule has 0 saturated heterocycles. The molecule has 0 aliphatic heterocycles. The molecule has 21 heavy (non-hydrogen) atoms. The molecule has 3 rings (SSSR count). The number of hydrogen-bond donors (Lipinski definition) is 1. The van der Waals surface area contributed by atoms with E-state index in [0.29, 0.717) is 11.9 Å². The van der Waals surface area contributed by atoms with Gasteiger partial charge >= 0.3 is 0 Å². The minimum atomic E-state index is 0.140. The Morgan fingerprint density at radius 3 is 2.57 bits per heavy atom. The maximum atomic E-state index is 5.79. The second-order valence-electron chi connectivity index (χ2n) is 4.49. The van der Waals surface area contributed by atoms with Crippen molar-refractivity contribution in [2.45, 2.75) is 26.7 Å². The summed E-state index contributed by atoms with van der Waals surface area (Å²) in [4.78, 5) is 12.7. The lowest BCUT2D eigenvalue weighted by atomic mass is 10.3. The lowest BCUT2D eigenvalue weighted by Crippen LogP contribution is -2.13. The number of nitrogen functional groups attached to an aromatic ring is 1. The van der Waals surface area contributed by atoms with E-state index in [9.17, 15) is 0 Å². The Kier molecular flexibility index (Phi) is 3.35. The normalized spacial score (nSPS) is 11.0. The van der Waals surface area contributed by atoms with Gasteiger partial charge in [-0.15, -0.1) is 0 Å². The molecule has 8 heteroatoms. The molecule has 0 aromatic carbocycles. The third-order valence-electron chi connectivity index (χ3n) is 3.09. The lowest BCUT2D eigenvalue weighted by molar-refractivity contribution is 0.717. The second kappa shape index (κ2) is 5.31. The standard InChI is InChI=1S/C13H16N8/c1-3-9-8-10(4-2)21(19-9)13-17-11(14)16-12(18-13)20-7-5-6-15-20/h5-8H,3-4H2,1-2H3,(H2,14,16,17,18). The van der Waals surface area contributed by atoms with Gasteiger partial charge in [-0.2, -0.15) is 25.1 Å². The molecule has 3 aromatic rings. The molecule has 108 valence electrons. The van der Waals surface area contributed by atoms with E-state index < -0.39 is 0 Å². The van der Waals surface area contributed by atoms with Crippen LogP contribution in [0.1, 0.15) is 25.2 Å². The van der Waals surface area contributed by atoms with E-state index in [2.05, 4.69) is 39.0 Å². The van der Waals surface area contributed by atoms with Crippen molar-refractivity contribution in [2.75, 3.05) is 5.73 Å². The van der Waals surface area contributed by atoms with Crippen molar-refractivity contribution < 1.29 is 0 Å². The largest absolute Gasteiger partial charge is 0.368 e. The van der Waals surface area contributed by atoms with E-state index in [1.54, 1.807) is 23.1 Å². The quantitative estimate of drug-likeness (QED) is 0.765. The summed E-state index contributed by atoms with van der Waals surface area (Å²) in [6, 6.07) is 3.84. The molecule has 0 spiro atoms. The zero-order valence-corrected chi connectivity index (χ0v) is 11.9. The van der Waals surface area contributed by atoms with Gasteiger partial charge in [0.15, 0.2) is 0 Å². The third-order valence-corrected chi connectivity index (χ3v) is 3.09. The van der Waals surface area contributed by atoms with E-state index in [0.717, 1.165) is 24.2 Å². The number of nitrogens with two attached hydrogens (primary N) is 1. The van der Waals surface area contributed by atoms with Crippen LogP contribution in [-0.4, -0.2) is 34.5 Å². The van der Waals surface area contributed by atoms with Gasteiger partial charge in [0.25, 0.3) is 11.9 Å². The smallest absolute Gasteiger partial charge is 0.257 e. The summed E-state index contributed by atoms with van der Waals surface area (Å²) in [5.41, 5.74) is 7.81. The molecule has 2 N–H and O–H groups in total. The number of aromatic nitrogens is 7. The SMILES string of the molecule is CCc1cc(CC)n(-c2nc(N)nc(-n3cccn3)n2)n1. The fourth-order valence-corrected chi connectivity index (χ4v) is 2.03. The third kappa shape index (κ3) is 2.47. The van der Waals surface area contributed by atoms with E-state index in [4.69, 9.17) is 5.73 Å². The summed E-state index contributed by atoms with van der Waals surface area (Å²) in [5, 5.41) is 8.62. The van der Waals surface area contributed by atoms with Crippen LogP contribution < -0.4 is 5.73 Å². The van der Waals surface area contributed by atoms with Crippen LogP contribution in [0.4, 0.5) is 5.95 Å². The first-order valence-corrected chi connectivity index (χ1v) is 6.81. The van der Waals surface area contributed by atoms with Crippen molar-refractivity contribution in [1.29, 1.82) is 0 Å². The molecule has 0 saturated carbocycles. The van der Waals surface area contributed by atoms with Crippen molar-refractivity contribution in [2.24, 2.45) is 0 Å². The number of hydrogen-bond acceptors (Lipinski definition) is 6. The van der Waals surface area contributed by atoms with Crippen LogP contribution in [0.3, 0.4) is 0 Å². The Bertz CT molecular complexity index is 744. The minimum absolute atomic E-state index is 0.140. The Labute approximate surface area is 121 Å². The average molecular weight is 284 g/mol. The van der Waals surface area contributed by atoms with Crippen molar-refractivity contribution in [3.8, 4) is 11.9 Å². The molecular formula is C13H16N8. The van der Waals surface area contributed by atoms with E-state index in [1.807, 2.05) is 6.07 Å². The van der Waals surface area contributed by atoms with Gasteiger partial charge in [-0.3, -0.25) is 0 Å². The fourth-order valence-electron chi connectivity index (χ4n) is 2.03. The first kappa shape index (κ1) is 13.2. The predicted molar refractivity (Wildman–Crippen MR) is 77.2 cm³/mol. The van der Waals surface area contributed by atoms with Gasteiger partial charge in [-0.05, 0) is 25.0 Å². The predicted octanol–water partition coefficient (Wildman–Crippen LogP) is 0.950. The monoisotopic (exact) mass is 284 g/mol. The zero-order valence-electron chi connectivity index (χ0n) is 11.9. The number of aryl methyl sites for hydroxylation is 2. The highest BCUT2D eigenvalue weighted by atomic mass is 15.4. The molecule has 0 atom stereocenters. The Morgan fingerprint density at radius 1 is 1.10 bits per heavy atom. The van der Waals surface area contributed by atoms with Gasteiger partial charge in [-0.25, -0.2) is 9.36 Å². The molecule has 0 bridgehead atoms. The highest BCUT2D eigenvalue weighted by molar-refractivity contribution is 5.30. The van der Waals surface area contributed by atoms with Gasteiger partial charge in [0.1, 0.15) is 0 Å². The highest BCUT2D eigenvalue weighted by Crippen LogP contribution is 2.12. The van der Waals surface area contributed by atoms with Gasteiger partial charge in [0.05, 0.1) is 5.69 Å². The van der Waals surface area contributed by atoms with E-state index in [1.165, 1.54) is 4.68 Å². The Balaban J connectivity index is 2.12. The topological polar surface area (TPSA) is 100 Å². The van der Waals surface area contributed by atoms with Crippen LogP contribution in [0, 0.1) is 0 Å². The molecule has 0 fully saturated rings. The van der Waals surface area contributed by atoms with Crippen LogP contribution in [0.25, 0.3) is 11.9 Å². The van der Waals surface area contributed by atoms with Crippen LogP contribution in [0.5, 0.6) is 0 Å². The van der Waals surface area contributed by atoms with Crippen LogP contribution >= 0.6 is 0 Å².